The maximum absolute atomic E-state index is 11.9. The standard InChI is InChI=1S/C13H20N2O3/c1-12(2,3)9(16)8-10-14-11(15-18-10)13(17-4)6-5-7-13/h5-8H2,1-4H3. The highest BCUT2D eigenvalue weighted by atomic mass is 16.5. The molecular weight excluding hydrogens is 232 g/mol. The van der Waals surface area contributed by atoms with Gasteiger partial charge < -0.3 is 9.26 Å². The molecule has 1 fully saturated rings. The normalized spacial score (nSPS) is 18.4. The molecule has 18 heavy (non-hydrogen) atoms. The maximum atomic E-state index is 11.9. The lowest BCUT2D eigenvalue weighted by Crippen LogP contribution is -2.37. The van der Waals surface area contributed by atoms with Gasteiger partial charge in [0.15, 0.2) is 0 Å². The summed E-state index contributed by atoms with van der Waals surface area (Å²) in [7, 11) is 1.66. The van der Waals surface area contributed by atoms with E-state index in [1.165, 1.54) is 0 Å². The zero-order valence-electron chi connectivity index (χ0n) is 11.4. The molecule has 0 aliphatic heterocycles. The van der Waals surface area contributed by atoms with E-state index in [1.807, 2.05) is 20.8 Å². The maximum Gasteiger partial charge on any atom is 0.234 e. The summed E-state index contributed by atoms with van der Waals surface area (Å²) in [5, 5.41) is 3.95. The lowest BCUT2D eigenvalue weighted by Gasteiger charge is -2.37. The van der Waals surface area contributed by atoms with Crippen LogP contribution in [0.4, 0.5) is 0 Å². The molecule has 0 bridgehead atoms. The van der Waals surface area contributed by atoms with Crippen LogP contribution in [0, 0.1) is 5.41 Å². The third-order valence-corrected chi connectivity index (χ3v) is 3.58. The van der Waals surface area contributed by atoms with Crippen molar-refractivity contribution in [3.05, 3.63) is 11.7 Å². The highest BCUT2D eigenvalue weighted by molar-refractivity contribution is 5.84. The number of nitrogens with zero attached hydrogens (tertiary/aromatic N) is 2. The van der Waals surface area contributed by atoms with Gasteiger partial charge in [0.05, 0.1) is 6.42 Å². The summed E-state index contributed by atoms with van der Waals surface area (Å²) in [6.07, 6.45) is 3.13. The molecular formula is C13H20N2O3. The summed E-state index contributed by atoms with van der Waals surface area (Å²) in [5.74, 6) is 1.05. The second kappa shape index (κ2) is 4.46. The summed E-state index contributed by atoms with van der Waals surface area (Å²) in [6, 6.07) is 0. The third kappa shape index (κ3) is 2.32. The van der Waals surface area contributed by atoms with Crippen LogP contribution in [-0.4, -0.2) is 23.0 Å². The van der Waals surface area contributed by atoms with Gasteiger partial charge in [-0.1, -0.05) is 25.9 Å². The summed E-state index contributed by atoms with van der Waals surface area (Å²) >= 11 is 0. The lowest BCUT2D eigenvalue weighted by atomic mass is 9.79. The summed E-state index contributed by atoms with van der Waals surface area (Å²) in [6.45, 7) is 5.65. The fourth-order valence-corrected chi connectivity index (χ4v) is 1.93. The van der Waals surface area contributed by atoms with Gasteiger partial charge in [0, 0.05) is 12.5 Å². The van der Waals surface area contributed by atoms with Crippen LogP contribution in [0.1, 0.15) is 51.7 Å². The minimum absolute atomic E-state index is 0.0952. The number of methoxy groups -OCH3 is 1. The van der Waals surface area contributed by atoms with E-state index in [2.05, 4.69) is 10.1 Å². The van der Waals surface area contributed by atoms with E-state index < -0.39 is 0 Å². The minimum atomic E-state index is -0.385. The SMILES string of the molecule is COC1(c2noc(CC(=O)C(C)(C)C)n2)CCC1. The number of hydrogen-bond donors (Lipinski definition) is 0. The van der Waals surface area contributed by atoms with Gasteiger partial charge in [-0.25, -0.2) is 0 Å². The fourth-order valence-electron chi connectivity index (χ4n) is 1.93. The smallest absolute Gasteiger partial charge is 0.234 e. The van der Waals surface area contributed by atoms with Gasteiger partial charge in [0.2, 0.25) is 11.7 Å². The molecule has 2 rings (SSSR count). The van der Waals surface area contributed by atoms with Crippen molar-refractivity contribution >= 4 is 5.78 Å². The van der Waals surface area contributed by atoms with E-state index >= 15 is 0 Å². The topological polar surface area (TPSA) is 65.2 Å². The minimum Gasteiger partial charge on any atom is -0.370 e. The van der Waals surface area contributed by atoms with Crippen molar-refractivity contribution in [3.8, 4) is 0 Å². The molecule has 0 N–H and O–H groups in total. The molecule has 1 aromatic rings. The first-order chi connectivity index (χ1) is 8.37. The number of ether oxygens (including phenoxy) is 1. The highest BCUT2D eigenvalue weighted by Crippen LogP contribution is 2.42. The highest BCUT2D eigenvalue weighted by Gasteiger charge is 2.43. The Labute approximate surface area is 107 Å². The molecule has 0 atom stereocenters. The van der Waals surface area contributed by atoms with Crippen molar-refractivity contribution in [2.45, 2.75) is 52.1 Å². The molecule has 1 heterocycles. The van der Waals surface area contributed by atoms with E-state index in [4.69, 9.17) is 9.26 Å². The number of carbonyl (C=O) groups is 1. The lowest BCUT2D eigenvalue weighted by molar-refractivity contribution is -0.125. The van der Waals surface area contributed by atoms with Gasteiger partial charge in [-0.05, 0) is 19.3 Å². The predicted molar refractivity (Wildman–Crippen MR) is 65.0 cm³/mol. The second-order valence-electron chi connectivity index (χ2n) is 5.91. The first-order valence-corrected chi connectivity index (χ1v) is 6.29. The summed E-state index contributed by atoms with van der Waals surface area (Å²) in [4.78, 5) is 16.2. The average Bonchev–Trinajstić information content (AvgIpc) is 2.64. The van der Waals surface area contributed by atoms with Gasteiger partial charge in [-0.2, -0.15) is 4.98 Å². The van der Waals surface area contributed by atoms with Crippen molar-refractivity contribution in [2.75, 3.05) is 7.11 Å². The molecule has 100 valence electrons. The van der Waals surface area contributed by atoms with Crippen LogP contribution in [0.5, 0.6) is 0 Å². The molecule has 0 saturated heterocycles. The molecule has 1 saturated carbocycles. The Morgan fingerprint density at radius 2 is 2.11 bits per heavy atom. The number of Topliss-reactive ketones (excluding diaryl/α,β-unsaturated/α-hetero) is 1. The number of carbonyl (C=O) groups excluding carboxylic acids is 1. The van der Waals surface area contributed by atoms with Gasteiger partial charge in [0.1, 0.15) is 11.4 Å². The first kappa shape index (κ1) is 13.2. The summed E-state index contributed by atoms with van der Waals surface area (Å²) < 4.78 is 10.6. The van der Waals surface area contributed by atoms with Crippen LogP contribution in [-0.2, 0) is 21.6 Å². The fraction of sp³-hybridized carbons (Fsp3) is 0.769. The van der Waals surface area contributed by atoms with Crippen LogP contribution < -0.4 is 0 Å². The first-order valence-electron chi connectivity index (χ1n) is 6.29. The number of rotatable bonds is 4. The van der Waals surface area contributed by atoms with E-state index in [0.717, 1.165) is 19.3 Å². The van der Waals surface area contributed by atoms with Crippen LogP contribution in [0.25, 0.3) is 0 Å². The van der Waals surface area contributed by atoms with E-state index in [1.54, 1.807) is 7.11 Å². The van der Waals surface area contributed by atoms with Crippen molar-refractivity contribution in [2.24, 2.45) is 5.41 Å². The van der Waals surface area contributed by atoms with E-state index in [9.17, 15) is 4.79 Å². The van der Waals surface area contributed by atoms with Crippen LogP contribution in [0.3, 0.4) is 0 Å². The molecule has 1 aromatic heterocycles. The van der Waals surface area contributed by atoms with Crippen LogP contribution >= 0.6 is 0 Å². The van der Waals surface area contributed by atoms with Crippen molar-refractivity contribution in [1.82, 2.24) is 10.1 Å². The third-order valence-electron chi connectivity index (χ3n) is 3.58. The molecule has 5 nitrogen and oxygen atoms in total. The quantitative estimate of drug-likeness (QED) is 0.822. The molecule has 0 unspecified atom stereocenters. The van der Waals surface area contributed by atoms with Crippen molar-refractivity contribution in [1.29, 1.82) is 0 Å². The zero-order valence-corrected chi connectivity index (χ0v) is 11.4. The Morgan fingerprint density at radius 3 is 2.56 bits per heavy atom. The van der Waals surface area contributed by atoms with Gasteiger partial charge in [0.25, 0.3) is 0 Å². The van der Waals surface area contributed by atoms with Crippen molar-refractivity contribution in [3.63, 3.8) is 0 Å². The molecule has 0 amide bonds. The van der Waals surface area contributed by atoms with E-state index in [0.29, 0.717) is 11.7 Å². The van der Waals surface area contributed by atoms with Crippen LogP contribution in [0.2, 0.25) is 0 Å². The Kier molecular flexibility index (Phi) is 3.27. The molecule has 5 heteroatoms. The van der Waals surface area contributed by atoms with Crippen molar-refractivity contribution < 1.29 is 14.1 Å². The molecule has 0 spiro atoms. The van der Waals surface area contributed by atoms with Gasteiger partial charge >= 0.3 is 0 Å². The molecule has 1 aliphatic rings. The average molecular weight is 252 g/mol. The van der Waals surface area contributed by atoms with E-state index in [-0.39, 0.29) is 23.2 Å². The number of aromatic nitrogens is 2. The largest absolute Gasteiger partial charge is 0.370 e. The zero-order chi connectivity index (χ0) is 13.4. The van der Waals surface area contributed by atoms with Crippen LogP contribution in [0.15, 0.2) is 4.52 Å². The summed E-state index contributed by atoms with van der Waals surface area (Å²) in [5.41, 5.74) is -0.767. The molecule has 1 aliphatic carbocycles. The second-order valence-corrected chi connectivity index (χ2v) is 5.91. The Balaban J connectivity index is 2.09. The molecule has 0 aromatic carbocycles. The Morgan fingerprint density at radius 1 is 1.44 bits per heavy atom. The molecule has 0 radical (unpaired) electrons. The monoisotopic (exact) mass is 252 g/mol. The predicted octanol–water partition coefficient (Wildman–Crippen LogP) is 2.25. The number of hydrogen-bond acceptors (Lipinski definition) is 5. The Hall–Kier alpha value is -1.23. The number of ketones is 1. The van der Waals surface area contributed by atoms with Gasteiger partial charge in [-0.3, -0.25) is 4.79 Å². The Bertz CT molecular complexity index is 436. The van der Waals surface area contributed by atoms with Gasteiger partial charge in [-0.15, -0.1) is 0 Å².